The minimum Gasteiger partial charge on any atom is -0.313 e. The highest BCUT2D eigenvalue weighted by Gasteiger charge is 2.28. The Morgan fingerprint density at radius 3 is 2.85 bits per heavy atom. The first-order valence-electron chi connectivity index (χ1n) is 8.40. The van der Waals surface area contributed by atoms with Crippen LogP contribution in [0.2, 0.25) is 0 Å². The molecule has 1 N–H and O–H groups in total. The smallest absolute Gasteiger partial charge is 0.0195 e. The van der Waals surface area contributed by atoms with Crippen LogP contribution in [0.1, 0.15) is 49.7 Å². The Morgan fingerprint density at radius 1 is 1.20 bits per heavy atom. The maximum absolute atomic E-state index is 3.69. The molecule has 2 aliphatic rings. The molecule has 1 aromatic carbocycles. The molecule has 2 atom stereocenters. The average molecular weight is 272 g/mol. The summed E-state index contributed by atoms with van der Waals surface area (Å²) >= 11 is 0. The molecule has 20 heavy (non-hydrogen) atoms. The van der Waals surface area contributed by atoms with Crippen LogP contribution < -0.4 is 5.32 Å². The molecule has 0 spiro atoms. The van der Waals surface area contributed by atoms with E-state index in [-0.39, 0.29) is 0 Å². The molecule has 1 aliphatic carbocycles. The first-order chi connectivity index (χ1) is 9.86. The highest BCUT2D eigenvalue weighted by molar-refractivity contribution is 5.40. The predicted molar refractivity (Wildman–Crippen MR) is 85.3 cm³/mol. The number of fused-ring (bicyclic) bond motifs is 1. The van der Waals surface area contributed by atoms with Crippen molar-refractivity contribution >= 4 is 0 Å². The van der Waals surface area contributed by atoms with Gasteiger partial charge < -0.3 is 10.2 Å². The molecule has 1 aliphatic heterocycles. The first-order valence-corrected chi connectivity index (χ1v) is 8.40. The molecule has 1 aromatic rings. The summed E-state index contributed by atoms with van der Waals surface area (Å²) < 4.78 is 0. The van der Waals surface area contributed by atoms with Gasteiger partial charge in [-0.05, 0) is 49.9 Å². The quantitative estimate of drug-likeness (QED) is 0.855. The summed E-state index contributed by atoms with van der Waals surface area (Å²) in [5.74, 6) is 0.779. The van der Waals surface area contributed by atoms with Crippen LogP contribution in [0, 0.1) is 0 Å². The highest BCUT2D eigenvalue weighted by atomic mass is 15.2. The van der Waals surface area contributed by atoms with E-state index in [9.17, 15) is 0 Å². The van der Waals surface area contributed by atoms with Crippen LogP contribution in [0.25, 0.3) is 0 Å². The van der Waals surface area contributed by atoms with E-state index in [0.29, 0.717) is 0 Å². The molecule has 110 valence electrons. The zero-order chi connectivity index (χ0) is 13.8. The third kappa shape index (κ3) is 3.24. The molecule has 2 nitrogen and oxygen atoms in total. The van der Waals surface area contributed by atoms with Crippen LogP contribution >= 0.6 is 0 Å². The van der Waals surface area contributed by atoms with Crippen LogP contribution in [-0.4, -0.2) is 37.1 Å². The number of nitrogens with one attached hydrogen (secondary N) is 1. The maximum Gasteiger partial charge on any atom is 0.0195 e. The predicted octanol–water partition coefficient (Wildman–Crippen LogP) is 3.18. The van der Waals surface area contributed by atoms with E-state index in [1.54, 1.807) is 11.1 Å². The molecular formula is C18H28N2. The summed E-state index contributed by atoms with van der Waals surface area (Å²) in [4.78, 5) is 2.70. The zero-order valence-corrected chi connectivity index (χ0v) is 12.8. The van der Waals surface area contributed by atoms with Gasteiger partial charge in [-0.2, -0.15) is 0 Å². The van der Waals surface area contributed by atoms with E-state index in [4.69, 9.17) is 0 Å². The molecule has 0 bridgehead atoms. The molecule has 0 aromatic heterocycles. The minimum absolute atomic E-state index is 0.727. The van der Waals surface area contributed by atoms with E-state index in [1.165, 1.54) is 58.3 Å². The summed E-state index contributed by atoms with van der Waals surface area (Å²) in [6, 6.07) is 9.71. The third-order valence-corrected chi connectivity index (χ3v) is 4.87. The van der Waals surface area contributed by atoms with E-state index in [0.717, 1.165) is 12.0 Å². The molecule has 1 fully saturated rings. The fourth-order valence-electron chi connectivity index (χ4n) is 3.80. The number of piperidine rings is 1. The van der Waals surface area contributed by atoms with Crippen LogP contribution in [0.3, 0.4) is 0 Å². The molecule has 1 heterocycles. The van der Waals surface area contributed by atoms with Crippen molar-refractivity contribution in [2.75, 3.05) is 26.2 Å². The SMILES string of the molecule is CCCN(CC1CCCCN1)CC1Cc2ccccc21. The molecule has 3 rings (SSSR count). The summed E-state index contributed by atoms with van der Waals surface area (Å²) in [7, 11) is 0. The minimum atomic E-state index is 0.727. The lowest BCUT2D eigenvalue weighted by atomic mass is 9.77. The van der Waals surface area contributed by atoms with E-state index in [2.05, 4.69) is 41.4 Å². The molecule has 0 radical (unpaired) electrons. The summed E-state index contributed by atoms with van der Waals surface area (Å²) in [5, 5.41) is 3.69. The van der Waals surface area contributed by atoms with Crippen molar-refractivity contribution in [1.29, 1.82) is 0 Å². The topological polar surface area (TPSA) is 15.3 Å². The van der Waals surface area contributed by atoms with Gasteiger partial charge in [-0.25, -0.2) is 0 Å². The van der Waals surface area contributed by atoms with E-state index >= 15 is 0 Å². The summed E-state index contributed by atoms with van der Waals surface area (Å²) in [5.41, 5.74) is 3.18. The first kappa shape index (κ1) is 14.1. The second kappa shape index (κ2) is 6.73. The van der Waals surface area contributed by atoms with Gasteiger partial charge in [0.1, 0.15) is 0 Å². The number of nitrogens with zero attached hydrogens (tertiary/aromatic N) is 1. The van der Waals surface area contributed by atoms with Gasteiger partial charge in [0.15, 0.2) is 0 Å². The monoisotopic (exact) mass is 272 g/mol. The van der Waals surface area contributed by atoms with E-state index < -0.39 is 0 Å². The Bertz CT molecular complexity index is 423. The molecular weight excluding hydrogens is 244 g/mol. The number of hydrogen-bond acceptors (Lipinski definition) is 2. The summed E-state index contributed by atoms with van der Waals surface area (Å²) in [6.45, 7) is 7.26. The van der Waals surface area contributed by atoms with Crippen LogP contribution in [-0.2, 0) is 6.42 Å². The lowest BCUT2D eigenvalue weighted by molar-refractivity contribution is 0.207. The Kier molecular flexibility index (Phi) is 4.74. The van der Waals surface area contributed by atoms with Crippen molar-refractivity contribution in [3.8, 4) is 0 Å². The Morgan fingerprint density at radius 2 is 2.10 bits per heavy atom. The number of rotatable bonds is 6. The molecule has 2 heteroatoms. The van der Waals surface area contributed by atoms with E-state index in [1.807, 2.05) is 0 Å². The van der Waals surface area contributed by atoms with Crippen LogP contribution in [0.15, 0.2) is 24.3 Å². The van der Waals surface area contributed by atoms with Crippen molar-refractivity contribution in [1.82, 2.24) is 10.2 Å². The Balaban J connectivity index is 1.55. The van der Waals surface area contributed by atoms with Crippen LogP contribution in [0.5, 0.6) is 0 Å². The fraction of sp³-hybridized carbons (Fsp3) is 0.667. The van der Waals surface area contributed by atoms with Gasteiger partial charge >= 0.3 is 0 Å². The standard InChI is InChI=1S/C18H28N2/c1-2-11-20(14-17-8-5-6-10-19-17)13-16-12-15-7-3-4-9-18(15)16/h3-4,7,9,16-17,19H,2,5-6,8,10-14H2,1H3. The van der Waals surface area contributed by atoms with Crippen molar-refractivity contribution < 1.29 is 0 Å². The summed E-state index contributed by atoms with van der Waals surface area (Å²) in [6.07, 6.45) is 6.68. The van der Waals surface area contributed by atoms with Gasteiger partial charge in [-0.15, -0.1) is 0 Å². The van der Waals surface area contributed by atoms with Gasteiger partial charge in [0.25, 0.3) is 0 Å². The Labute approximate surface area is 123 Å². The number of hydrogen-bond donors (Lipinski definition) is 1. The van der Waals surface area contributed by atoms with Gasteiger partial charge in [-0.3, -0.25) is 0 Å². The average Bonchev–Trinajstić information content (AvgIpc) is 2.46. The van der Waals surface area contributed by atoms with Crippen molar-refractivity contribution in [2.24, 2.45) is 0 Å². The van der Waals surface area contributed by atoms with Gasteiger partial charge in [0.2, 0.25) is 0 Å². The number of benzene rings is 1. The molecule has 2 unspecified atom stereocenters. The van der Waals surface area contributed by atoms with Crippen molar-refractivity contribution in [3.05, 3.63) is 35.4 Å². The van der Waals surface area contributed by atoms with Crippen molar-refractivity contribution in [2.45, 2.75) is 51.0 Å². The highest BCUT2D eigenvalue weighted by Crippen LogP contribution is 2.35. The lowest BCUT2D eigenvalue weighted by Crippen LogP contribution is -2.45. The molecule has 0 saturated carbocycles. The Hall–Kier alpha value is -0.860. The second-order valence-electron chi connectivity index (χ2n) is 6.51. The largest absolute Gasteiger partial charge is 0.313 e. The van der Waals surface area contributed by atoms with Gasteiger partial charge in [0.05, 0.1) is 0 Å². The van der Waals surface area contributed by atoms with Crippen molar-refractivity contribution in [3.63, 3.8) is 0 Å². The van der Waals surface area contributed by atoms with Gasteiger partial charge in [0, 0.05) is 25.0 Å². The third-order valence-electron chi connectivity index (χ3n) is 4.87. The molecule has 1 saturated heterocycles. The second-order valence-corrected chi connectivity index (χ2v) is 6.51. The van der Waals surface area contributed by atoms with Gasteiger partial charge in [-0.1, -0.05) is 37.6 Å². The lowest BCUT2D eigenvalue weighted by Gasteiger charge is -2.37. The zero-order valence-electron chi connectivity index (χ0n) is 12.8. The molecule has 0 amide bonds. The maximum atomic E-state index is 3.69. The fourth-order valence-corrected chi connectivity index (χ4v) is 3.80. The normalized spacial score (nSPS) is 25.3. The van der Waals surface area contributed by atoms with Crippen LogP contribution in [0.4, 0.5) is 0 Å².